The first-order valence-electron chi connectivity index (χ1n) is 8.00. The summed E-state index contributed by atoms with van der Waals surface area (Å²) in [6.45, 7) is 3.77. The Morgan fingerprint density at radius 2 is 1.93 bits per heavy atom. The van der Waals surface area contributed by atoms with E-state index in [1.54, 1.807) is 30.3 Å². The Bertz CT molecular complexity index is 876. The summed E-state index contributed by atoms with van der Waals surface area (Å²) in [5, 5.41) is 25.0. The van der Waals surface area contributed by atoms with Gasteiger partial charge in [-0.05, 0) is 19.9 Å². The van der Waals surface area contributed by atoms with Gasteiger partial charge in [0.15, 0.2) is 0 Å². The molecular weight excluding hydrogens is 358 g/mol. The maximum absolute atomic E-state index is 11.9. The number of benzene rings is 1. The van der Waals surface area contributed by atoms with Crippen LogP contribution in [-0.4, -0.2) is 32.7 Å². The van der Waals surface area contributed by atoms with Crippen molar-refractivity contribution in [2.75, 3.05) is 11.9 Å². The largest absolute Gasteiger partial charge is 0.511 e. The molecule has 1 aromatic heterocycles. The molecule has 0 saturated heterocycles. The average Bonchev–Trinajstić information content (AvgIpc) is 3.00. The number of nitrogens with zero attached hydrogens (tertiary/aromatic N) is 4. The van der Waals surface area contributed by atoms with E-state index in [0.717, 1.165) is 12.1 Å². The van der Waals surface area contributed by atoms with Crippen LogP contribution in [0.5, 0.6) is 0 Å². The molecule has 0 atom stereocenters. The summed E-state index contributed by atoms with van der Waals surface area (Å²) in [7, 11) is 1.78. The number of imidazole rings is 1. The van der Waals surface area contributed by atoms with E-state index in [0.29, 0.717) is 12.1 Å². The van der Waals surface area contributed by atoms with Crippen LogP contribution < -0.4 is 9.88 Å². The quantitative estimate of drug-likeness (QED) is 0.444. The van der Waals surface area contributed by atoms with Crippen LogP contribution in [-0.2, 0) is 11.8 Å². The van der Waals surface area contributed by atoms with Gasteiger partial charge >= 0.3 is 17.5 Å². The topological polar surface area (TPSA) is 133 Å². The van der Waals surface area contributed by atoms with Crippen LogP contribution >= 0.6 is 0 Å². The monoisotopic (exact) mass is 378 g/mol. The lowest BCUT2D eigenvalue weighted by atomic mass is 10.0. The van der Waals surface area contributed by atoms with Gasteiger partial charge in [0.2, 0.25) is 0 Å². The van der Waals surface area contributed by atoms with Crippen LogP contribution in [0.4, 0.5) is 21.9 Å². The highest BCUT2D eigenvalue weighted by molar-refractivity contribution is 5.69. The summed E-state index contributed by atoms with van der Waals surface area (Å²) in [5.41, 5.74) is -1.38. The number of nitrogens with one attached hydrogen (secondary N) is 1. The highest BCUT2D eigenvalue weighted by Crippen LogP contribution is 2.31. The zero-order valence-corrected chi connectivity index (χ0v) is 15.1. The van der Waals surface area contributed by atoms with Gasteiger partial charge in [-0.1, -0.05) is 0 Å². The summed E-state index contributed by atoms with van der Waals surface area (Å²) < 4.78 is 8.21. The molecule has 0 unspecified atom stereocenters. The molecule has 1 N–H and O–H groups in total. The standard InChI is InChI=1S/C16H20N5O6/c1-16(2,6-9-27-15(22)19-8-7-18(3)11-19)17-12-4-5-13(20(23)24)14(10-12)21(25)26/h4-5,7-8,10-11,17H,6,9H2,1-3H3/q+1. The van der Waals surface area contributed by atoms with Gasteiger partial charge in [-0.25, -0.2) is 4.57 Å². The summed E-state index contributed by atoms with van der Waals surface area (Å²) in [6.07, 6.45) is 4.74. The third-order valence-corrected chi connectivity index (χ3v) is 3.78. The molecule has 11 heteroatoms. The van der Waals surface area contributed by atoms with Gasteiger partial charge in [0, 0.05) is 29.8 Å². The number of nitro benzene ring substituents is 2. The number of hydrogen-bond acceptors (Lipinski definition) is 7. The third-order valence-electron chi connectivity index (χ3n) is 3.78. The predicted octanol–water partition coefficient (Wildman–Crippen LogP) is 2.39. The van der Waals surface area contributed by atoms with E-state index in [4.69, 9.17) is 4.74 Å². The van der Waals surface area contributed by atoms with Crippen molar-refractivity contribution in [2.24, 2.45) is 7.05 Å². The number of anilines is 1. The number of aromatic nitrogens is 2. The highest BCUT2D eigenvalue weighted by atomic mass is 16.6. The Morgan fingerprint density at radius 1 is 1.26 bits per heavy atom. The normalized spacial score (nSPS) is 11.1. The first-order chi connectivity index (χ1) is 12.6. The van der Waals surface area contributed by atoms with Gasteiger partial charge in [0.05, 0.1) is 23.5 Å². The van der Waals surface area contributed by atoms with Crippen molar-refractivity contribution in [1.29, 1.82) is 0 Å². The van der Waals surface area contributed by atoms with E-state index in [2.05, 4.69) is 5.32 Å². The second-order valence-corrected chi connectivity index (χ2v) is 6.58. The fraction of sp³-hybridized carbons (Fsp3) is 0.375. The van der Waals surface area contributed by atoms with Gasteiger partial charge in [0.25, 0.3) is 6.33 Å². The average molecular weight is 378 g/mol. The number of carbonyl (C=O) groups excluding carboxylic acids is 1. The Kier molecular flexibility index (Phi) is 5.73. The maximum Gasteiger partial charge on any atom is 0.511 e. The van der Waals surface area contributed by atoms with Crippen LogP contribution in [0.3, 0.4) is 0 Å². The molecular formula is C16H20N5O6+. The third kappa shape index (κ3) is 5.23. The molecule has 0 saturated carbocycles. The number of ether oxygens (including phenoxy) is 1. The number of hydrogen-bond donors (Lipinski definition) is 1. The van der Waals surface area contributed by atoms with Gasteiger partial charge in [-0.15, -0.1) is 4.57 Å². The minimum Gasteiger partial charge on any atom is -0.431 e. The van der Waals surface area contributed by atoms with Gasteiger partial charge in [-0.2, -0.15) is 4.79 Å². The summed E-state index contributed by atoms with van der Waals surface area (Å²) in [5.74, 6) is 0. The molecule has 0 aliphatic heterocycles. The van der Waals surface area contributed by atoms with Crippen molar-refractivity contribution in [2.45, 2.75) is 25.8 Å². The summed E-state index contributed by atoms with van der Waals surface area (Å²) in [4.78, 5) is 32.2. The lowest BCUT2D eigenvalue weighted by Gasteiger charge is -2.27. The maximum atomic E-state index is 11.9. The fourth-order valence-electron chi connectivity index (χ4n) is 2.38. The molecule has 11 nitrogen and oxygen atoms in total. The minimum atomic E-state index is -0.798. The van der Waals surface area contributed by atoms with Gasteiger partial charge in [-0.3, -0.25) is 20.2 Å². The molecule has 1 aromatic carbocycles. The first-order valence-corrected chi connectivity index (χ1v) is 8.00. The summed E-state index contributed by atoms with van der Waals surface area (Å²) in [6, 6.07) is 3.60. The lowest BCUT2D eigenvalue weighted by molar-refractivity contribution is -0.670. The van der Waals surface area contributed by atoms with Crippen LogP contribution in [0.15, 0.2) is 36.9 Å². The van der Waals surface area contributed by atoms with Crippen LogP contribution in [0.25, 0.3) is 0 Å². The fourth-order valence-corrected chi connectivity index (χ4v) is 2.38. The van der Waals surface area contributed by atoms with Crippen molar-refractivity contribution in [1.82, 2.24) is 4.57 Å². The second kappa shape index (κ2) is 7.81. The van der Waals surface area contributed by atoms with Crippen LogP contribution in [0.1, 0.15) is 20.3 Å². The Labute approximate surface area is 154 Å². The number of aryl methyl sites for hydroxylation is 1. The van der Waals surface area contributed by atoms with E-state index in [1.165, 1.54) is 10.6 Å². The van der Waals surface area contributed by atoms with Crippen molar-refractivity contribution < 1.29 is 23.9 Å². The molecule has 1 heterocycles. The molecule has 0 aliphatic rings. The van der Waals surface area contributed by atoms with Crippen molar-refractivity contribution in [3.05, 3.63) is 57.1 Å². The van der Waals surface area contributed by atoms with Crippen molar-refractivity contribution in [3.8, 4) is 0 Å². The first kappa shape index (κ1) is 19.8. The van der Waals surface area contributed by atoms with Crippen molar-refractivity contribution >= 4 is 23.2 Å². The van der Waals surface area contributed by atoms with E-state index in [1.807, 2.05) is 13.8 Å². The second-order valence-electron chi connectivity index (χ2n) is 6.58. The van der Waals surface area contributed by atoms with Crippen molar-refractivity contribution in [3.63, 3.8) is 0 Å². The van der Waals surface area contributed by atoms with Gasteiger partial charge in [0.1, 0.15) is 12.4 Å². The Hall–Kier alpha value is -3.50. The lowest BCUT2D eigenvalue weighted by Crippen LogP contribution is -2.33. The summed E-state index contributed by atoms with van der Waals surface area (Å²) >= 11 is 0. The van der Waals surface area contributed by atoms with Gasteiger partial charge < -0.3 is 10.1 Å². The predicted molar refractivity (Wildman–Crippen MR) is 94.4 cm³/mol. The van der Waals surface area contributed by atoms with Crippen LogP contribution in [0.2, 0.25) is 0 Å². The number of rotatable bonds is 7. The Morgan fingerprint density at radius 3 is 2.48 bits per heavy atom. The van der Waals surface area contributed by atoms with E-state index in [9.17, 15) is 25.0 Å². The minimum absolute atomic E-state index is 0.121. The molecule has 0 aliphatic carbocycles. The molecule has 0 fully saturated rings. The smallest absolute Gasteiger partial charge is 0.431 e. The molecule has 2 rings (SSSR count). The number of carbonyl (C=O) groups is 1. The zero-order valence-electron chi connectivity index (χ0n) is 15.1. The zero-order chi connectivity index (χ0) is 20.2. The molecule has 0 bridgehead atoms. The van der Waals surface area contributed by atoms with Crippen LogP contribution in [0, 0.1) is 20.2 Å². The highest BCUT2D eigenvalue weighted by Gasteiger charge is 2.26. The molecule has 27 heavy (non-hydrogen) atoms. The van der Waals surface area contributed by atoms with E-state index in [-0.39, 0.29) is 6.61 Å². The molecule has 0 amide bonds. The molecule has 0 radical (unpaired) electrons. The molecule has 0 spiro atoms. The molecule has 2 aromatic rings. The van der Waals surface area contributed by atoms with E-state index >= 15 is 0 Å². The molecule has 144 valence electrons. The number of nitro groups is 2. The van der Waals surface area contributed by atoms with E-state index < -0.39 is 32.9 Å². The SMILES string of the molecule is C[n+]1ccn(C(=O)OCCC(C)(C)Nc2ccc([N+](=O)[O-])c([N+](=O)[O-])c2)c1. The Balaban J connectivity index is 1.99.